The third kappa shape index (κ3) is 9.57. The standard InChI is InChI=1S/C30H38N6O7/c1-16(2)11-23(28(40)36-25(30(42)43)14-26(32)38)35-29(41)24(13-18-15-33-22-6-4-3-5-20(18)22)34-27(39)21(31)12-17-7-9-19(37)10-8-17/h3-10,15-16,21,23-25,33,37H,11-14,31H2,1-2H3,(H2,32,38)(H,34,39)(H,35,41)(H,36,40)(H,42,43). The van der Waals surface area contributed by atoms with Crippen LogP contribution in [0.1, 0.15) is 37.8 Å². The maximum absolute atomic E-state index is 13.7. The minimum absolute atomic E-state index is 0.0585. The lowest BCUT2D eigenvalue weighted by atomic mass is 9.99. The van der Waals surface area contributed by atoms with E-state index in [0.717, 1.165) is 16.5 Å². The Morgan fingerprint density at radius 3 is 2.07 bits per heavy atom. The number of hydrogen-bond acceptors (Lipinski definition) is 7. The first kappa shape index (κ1) is 32.6. The molecule has 3 rings (SSSR count). The molecule has 1 aromatic heterocycles. The predicted octanol–water partition coefficient (Wildman–Crippen LogP) is 0.447. The molecule has 0 aliphatic heterocycles. The Bertz CT molecular complexity index is 1450. The quantitative estimate of drug-likeness (QED) is 0.123. The second-order valence-corrected chi connectivity index (χ2v) is 10.9. The van der Waals surface area contributed by atoms with Crippen LogP contribution in [0.15, 0.2) is 54.7 Å². The van der Waals surface area contributed by atoms with Gasteiger partial charge in [-0.1, -0.05) is 44.2 Å². The van der Waals surface area contributed by atoms with Gasteiger partial charge in [0.1, 0.15) is 23.9 Å². The van der Waals surface area contributed by atoms with Crippen molar-refractivity contribution in [2.75, 3.05) is 0 Å². The van der Waals surface area contributed by atoms with Crippen molar-refractivity contribution in [2.24, 2.45) is 17.4 Å². The fourth-order valence-electron chi connectivity index (χ4n) is 4.64. The highest BCUT2D eigenvalue weighted by molar-refractivity contribution is 5.95. The van der Waals surface area contributed by atoms with Crippen LogP contribution < -0.4 is 27.4 Å². The lowest BCUT2D eigenvalue weighted by Crippen LogP contribution is -2.58. The van der Waals surface area contributed by atoms with Gasteiger partial charge >= 0.3 is 5.97 Å². The predicted molar refractivity (Wildman–Crippen MR) is 158 cm³/mol. The second kappa shape index (κ2) is 14.8. The van der Waals surface area contributed by atoms with E-state index in [2.05, 4.69) is 20.9 Å². The van der Waals surface area contributed by atoms with Crippen molar-refractivity contribution in [1.82, 2.24) is 20.9 Å². The molecule has 1 heterocycles. The van der Waals surface area contributed by atoms with Gasteiger partial charge in [-0.05, 0) is 48.1 Å². The minimum Gasteiger partial charge on any atom is -0.508 e. The Labute approximate surface area is 248 Å². The second-order valence-electron chi connectivity index (χ2n) is 10.9. The van der Waals surface area contributed by atoms with Crippen LogP contribution in [0.25, 0.3) is 10.9 Å². The lowest BCUT2D eigenvalue weighted by Gasteiger charge is -2.26. The van der Waals surface area contributed by atoms with Gasteiger partial charge < -0.3 is 42.6 Å². The van der Waals surface area contributed by atoms with E-state index in [-0.39, 0.29) is 30.9 Å². The maximum atomic E-state index is 13.7. The van der Waals surface area contributed by atoms with Crippen LogP contribution in [0.5, 0.6) is 5.75 Å². The normalized spacial score (nSPS) is 14.0. The number of fused-ring (bicyclic) bond motifs is 1. The number of hydrogen-bond donors (Lipinski definition) is 8. The van der Waals surface area contributed by atoms with Crippen molar-refractivity contribution < 1.29 is 34.2 Å². The Balaban J connectivity index is 1.83. The Morgan fingerprint density at radius 2 is 1.44 bits per heavy atom. The third-order valence-corrected chi connectivity index (χ3v) is 6.82. The highest BCUT2D eigenvalue weighted by Gasteiger charge is 2.32. The Morgan fingerprint density at radius 1 is 0.837 bits per heavy atom. The molecule has 2 aromatic carbocycles. The summed E-state index contributed by atoms with van der Waals surface area (Å²) >= 11 is 0. The van der Waals surface area contributed by atoms with Gasteiger partial charge in [-0.15, -0.1) is 0 Å². The van der Waals surface area contributed by atoms with Gasteiger partial charge in [0.15, 0.2) is 0 Å². The van der Waals surface area contributed by atoms with E-state index in [1.807, 2.05) is 38.1 Å². The number of primary amides is 1. The highest BCUT2D eigenvalue weighted by Crippen LogP contribution is 2.20. The van der Waals surface area contributed by atoms with Gasteiger partial charge in [-0.2, -0.15) is 0 Å². The molecule has 3 aromatic rings. The third-order valence-electron chi connectivity index (χ3n) is 6.82. The maximum Gasteiger partial charge on any atom is 0.326 e. The summed E-state index contributed by atoms with van der Waals surface area (Å²) in [7, 11) is 0. The van der Waals surface area contributed by atoms with E-state index in [9.17, 15) is 34.2 Å². The number of aromatic hydroxyl groups is 1. The van der Waals surface area contributed by atoms with Gasteiger partial charge in [-0.3, -0.25) is 19.2 Å². The number of nitrogens with one attached hydrogen (secondary N) is 4. The molecular weight excluding hydrogens is 556 g/mol. The molecule has 4 atom stereocenters. The van der Waals surface area contributed by atoms with E-state index in [4.69, 9.17) is 11.5 Å². The molecule has 230 valence electrons. The molecule has 4 unspecified atom stereocenters. The SMILES string of the molecule is CC(C)CC(NC(=O)C(Cc1c[nH]c2ccccc12)NC(=O)C(N)Cc1ccc(O)cc1)C(=O)NC(CC(N)=O)C(=O)O. The van der Waals surface area contributed by atoms with Crippen molar-refractivity contribution >= 4 is 40.5 Å². The summed E-state index contributed by atoms with van der Waals surface area (Å²) in [6.45, 7) is 3.64. The number of nitrogens with two attached hydrogens (primary N) is 2. The summed E-state index contributed by atoms with van der Waals surface area (Å²) in [5, 5.41) is 27.4. The number of amides is 4. The Hall–Kier alpha value is -4.91. The molecule has 4 amide bonds. The van der Waals surface area contributed by atoms with Gasteiger partial charge in [0.2, 0.25) is 23.6 Å². The number of carbonyl (C=O) groups excluding carboxylic acids is 4. The van der Waals surface area contributed by atoms with Gasteiger partial charge in [0, 0.05) is 23.5 Å². The fourth-order valence-corrected chi connectivity index (χ4v) is 4.64. The van der Waals surface area contributed by atoms with Gasteiger partial charge in [0.25, 0.3) is 0 Å². The van der Waals surface area contributed by atoms with Crippen LogP contribution in [-0.4, -0.2) is 69.0 Å². The number of rotatable bonds is 15. The van der Waals surface area contributed by atoms with Crippen LogP contribution in [0, 0.1) is 5.92 Å². The van der Waals surface area contributed by atoms with E-state index in [0.29, 0.717) is 5.56 Å². The van der Waals surface area contributed by atoms with Crippen molar-refractivity contribution in [3.05, 3.63) is 65.9 Å². The molecule has 0 spiro atoms. The average Bonchev–Trinajstić information content (AvgIpc) is 3.35. The zero-order chi connectivity index (χ0) is 31.7. The van der Waals surface area contributed by atoms with Gasteiger partial charge in [-0.25, -0.2) is 4.79 Å². The number of H-pyrrole nitrogens is 1. The number of aromatic amines is 1. The topological polar surface area (TPSA) is 230 Å². The molecule has 13 heteroatoms. The molecular formula is C30H38N6O7. The molecule has 0 aliphatic carbocycles. The Kier molecular flexibility index (Phi) is 11.2. The zero-order valence-corrected chi connectivity index (χ0v) is 24.0. The van der Waals surface area contributed by atoms with E-state index in [1.54, 1.807) is 18.3 Å². The zero-order valence-electron chi connectivity index (χ0n) is 24.0. The molecule has 43 heavy (non-hydrogen) atoms. The largest absolute Gasteiger partial charge is 0.508 e. The molecule has 0 radical (unpaired) electrons. The molecule has 0 saturated heterocycles. The van der Waals surface area contributed by atoms with Crippen molar-refractivity contribution in [3.63, 3.8) is 0 Å². The minimum atomic E-state index is -1.57. The fraction of sp³-hybridized carbons (Fsp3) is 0.367. The van der Waals surface area contributed by atoms with Crippen LogP contribution in [0.3, 0.4) is 0 Å². The highest BCUT2D eigenvalue weighted by atomic mass is 16.4. The van der Waals surface area contributed by atoms with Crippen molar-refractivity contribution in [3.8, 4) is 5.75 Å². The number of benzene rings is 2. The summed E-state index contributed by atoms with van der Waals surface area (Å²) in [6, 6.07) is 8.74. The summed E-state index contributed by atoms with van der Waals surface area (Å²) in [5.41, 5.74) is 13.6. The first-order chi connectivity index (χ1) is 20.3. The van der Waals surface area contributed by atoms with Crippen molar-refractivity contribution in [2.45, 2.75) is 63.7 Å². The number of aliphatic carboxylic acids is 1. The number of aromatic nitrogens is 1. The molecule has 0 bridgehead atoms. The average molecular weight is 595 g/mol. The smallest absolute Gasteiger partial charge is 0.326 e. The summed E-state index contributed by atoms with van der Waals surface area (Å²) in [4.78, 5) is 66.0. The first-order valence-corrected chi connectivity index (χ1v) is 13.8. The van der Waals surface area contributed by atoms with E-state index < -0.39 is 60.2 Å². The lowest BCUT2D eigenvalue weighted by molar-refractivity contribution is -0.143. The number of carboxylic acid groups (broad SMARTS) is 1. The van der Waals surface area contributed by atoms with E-state index in [1.165, 1.54) is 12.1 Å². The van der Waals surface area contributed by atoms with E-state index >= 15 is 0 Å². The van der Waals surface area contributed by atoms with Crippen LogP contribution in [-0.2, 0) is 36.8 Å². The summed E-state index contributed by atoms with van der Waals surface area (Å²) in [6.07, 6.45) is 1.45. The van der Waals surface area contributed by atoms with Crippen molar-refractivity contribution in [1.29, 1.82) is 0 Å². The van der Waals surface area contributed by atoms with Crippen LogP contribution >= 0.6 is 0 Å². The summed E-state index contributed by atoms with van der Waals surface area (Å²) in [5.74, 6) is -4.48. The molecule has 0 aliphatic rings. The number of carbonyl (C=O) groups is 5. The molecule has 13 nitrogen and oxygen atoms in total. The van der Waals surface area contributed by atoms with Gasteiger partial charge in [0.05, 0.1) is 12.5 Å². The van der Waals surface area contributed by atoms with Crippen LogP contribution in [0.2, 0.25) is 0 Å². The molecule has 0 saturated carbocycles. The van der Waals surface area contributed by atoms with Crippen LogP contribution in [0.4, 0.5) is 0 Å². The molecule has 10 N–H and O–H groups in total. The number of phenols is 1. The molecule has 0 fully saturated rings. The number of phenolic OH excluding ortho intramolecular Hbond substituents is 1. The number of carboxylic acids is 1. The summed E-state index contributed by atoms with van der Waals surface area (Å²) < 4.78 is 0. The first-order valence-electron chi connectivity index (χ1n) is 13.8. The number of para-hydroxylation sites is 1. The monoisotopic (exact) mass is 594 g/mol.